The Morgan fingerprint density at radius 3 is 2.67 bits per heavy atom. The summed E-state index contributed by atoms with van der Waals surface area (Å²) in [7, 11) is -6.73. The van der Waals surface area contributed by atoms with Crippen LogP contribution in [0.1, 0.15) is 24.8 Å². The van der Waals surface area contributed by atoms with Crippen LogP contribution < -0.4 is 13.7 Å². The quantitative estimate of drug-likeness (QED) is 0.688. The van der Waals surface area contributed by atoms with Crippen molar-refractivity contribution in [2.24, 2.45) is 0 Å². The molecule has 1 atom stereocenters. The molecular formula is C14H21N3O5S2. The number of aromatic hydroxyl groups is 1. The second-order valence-electron chi connectivity index (χ2n) is 6.11. The van der Waals surface area contributed by atoms with Crippen molar-refractivity contribution in [3.63, 3.8) is 0 Å². The number of sulfonamides is 1. The number of rotatable bonds is 4. The average molecular weight is 375 g/mol. The second-order valence-corrected chi connectivity index (χ2v) is 9.66. The number of phenolic OH excluding ortho intramolecular Hbond substituents is 1. The standard InChI is InChI=1S/C14H21N3O5S2/c18-14-10-11(3-5-12-2-1-9-23(19,20)16-12)4-6-13(14)17-8-7-15-24(17,21)22/h4,6,10,12,15-16,18H,1-3,5,7-9H2. The Kier molecular flexibility index (Phi) is 4.73. The van der Waals surface area contributed by atoms with Gasteiger partial charge in [-0.05, 0) is 43.4 Å². The number of aryl methyl sites for hydroxylation is 1. The zero-order chi connectivity index (χ0) is 17.4. The molecule has 8 nitrogen and oxygen atoms in total. The van der Waals surface area contributed by atoms with Crippen LogP contribution in [0, 0.1) is 0 Å². The SMILES string of the molecule is O=S1(=O)CCCC(CCc2ccc(N3CCNS3(=O)=O)c(O)c2)N1. The first-order chi connectivity index (χ1) is 11.3. The number of nitrogens with zero attached hydrogens (tertiary/aromatic N) is 1. The molecule has 2 fully saturated rings. The van der Waals surface area contributed by atoms with Crippen molar-refractivity contribution in [2.75, 3.05) is 23.1 Å². The van der Waals surface area contributed by atoms with E-state index in [0.29, 0.717) is 25.8 Å². The van der Waals surface area contributed by atoms with Gasteiger partial charge in [-0.2, -0.15) is 13.1 Å². The predicted molar refractivity (Wildman–Crippen MR) is 90.6 cm³/mol. The van der Waals surface area contributed by atoms with Crippen molar-refractivity contribution in [1.82, 2.24) is 9.44 Å². The lowest BCUT2D eigenvalue weighted by atomic mass is 10.0. The molecule has 0 spiro atoms. The van der Waals surface area contributed by atoms with Gasteiger partial charge >= 0.3 is 10.2 Å². The van der Waals surface area contributed by atoms with Gasteiger partial charge in [-0.3, -0.25) is 4.31 Å². The number of benzene rings is 1. The first-order valence-electron chi connectivity index (χ1n) is 7.86. The van der Waals surface area contributed by atoms with Crippen LogP contribution in [0.4, 0.5) is 5.69 Å². The van der Waals surface area contributed by atoms with Gasteiger partial charge in [0.2, 0.25) is 10.0 Å². The number of anilines is 1. The highest BCUT2D eigenvalue weighted by molar-refractivity contribution is 7.91. The van der Waals surface area contributed by atoms with Crippen molar-refractivity contribution in [3.8, 4) is 5.75 Å². The fourth-order valence-electron chi connectivity index (χ4n) is 3.10. The van der Waals surface area contributed by atoms with Crippen molar-refractivity contribution >= 4 is 25.9 Å². The zero-order valence-electron chi connectivity index (χ0n) is 13.1. The van der Waals surface area contributed by atoms with Crippen molar-refractivity contribution < 1.29 is 21.9 Å². The number of hydrogen-bond donors (Lipinski definition) is 3. The molecule has 24 heavy (non-hydrogen) atoms. The molecule has 0 aliphatic carbocycles. The molecular weight excluding hydrogens is 354 g/mol. The van der Waals surface area contributed by atoms with Crippen LogP contribution in [0.15, 0.2) is 18.2 Å². The van der Waals surface area contributed by atoms with E-state index in [0.717, 1.165) is 16.3 Å². The third-order valence-corrected chi connectivity index (χ3v) is 7.34. The molecule has 10 heteroatoms. The van der Waals surface area contributed by atoms with Crippen LogP contribution >= 0.6 is 0 Å². The summed E-state index contributed by atoms with van der Waals surface area (Å²) >= 11 is 0. The predicted octanol–water partition coefficient (Wildman–Crippen LogP) is 0.0610. The van der Waals surface area contributed by atoms with Crippen molar-refractivity contribution in [2.45, 2.75) is 31.7 Å². The van der Waals surface area contributed by atoms with E-state index in [-0.39, 0.29) is 29.8 Å². The first-order valence-corrected chi connectivity index (χ1v) is 11.0. The van der Waals surface area contributed by atoms with Gasteiger partial charge < -0.3 is 5.11 Å². The van der Waals surface area contributed by atoms with Gasteiger partial charge in [0.05, 0.1) is 11.4 Å². The van der Waals surface area contributed by atoms with Crippen LogP contribution in [0.2, 0.25) is 0 Å². The summed E-state index contributed by atoms with van der Waals surface area (Å²) in [6, 6.07) is 4.80. The molecule has 134 valence electrons. The molecule has 3 N–H and O–H groups in total. The summed E-state index contributed by atoms with van der Waals surface area (Å²) in [4.78, 5) is 0. The molecule has 0 aromatic heterocycles. The summed E-state index contributed by atoms with van der Waals surface area (Å²) in [6.45, 7) is 0.588. The van der Waals surface area contributed by atoms with Crippen LogP contribution in [0.3, 0.4) is 0 Å². The van der Waals surface area contributed by atoms with Gasteiger partial charge in [0.15, 0.2) is 0 Å². The highest BCUT2D eigenvalue weighted by Crippen LogP contribution is 2.31. The monoisotopic (exact) mass is 375 g/mol. The lowest BCUT2D eigenvalue weighted by Gasteiger charge is -2.23. The van der Waals surface area contributed by atoms with Crippen LogP contribution in [-0.2, 0) is 26.7 Å². The molecule has 0 saturated carbocycles. The lowest BCUT2D eigenvalue weighted by molar-refractivity contribution is 0.467. The molecule has 2 aliphatic heterocycles. The highest BCUT2D eigenvalue weighted by Gasteiger charge is 2.30. The second kappa shape index (κ2) is 6.51. The van der Waals surface area contributed by atoms with E-state index in [4.69, 9.17) is 0 Å². The van der Waals surface area contributed by atoms with Crippen LogP contribution in [0.25, 0.3) is 0 Å². The van der Waals surface area contributed by atoms with Gasteiger partial charge in [-0.15, -0.1) is 0 Å². The van der Waals surface area contributed by atoms with Crippen LogP contribution in [0.5, 0.6) is 5.75 Å². The topological polar surface area (TPSA) is 116 Å². The Morgan fingerprint density at radius 2 is 2.04 bits per heavy atom. The fourth-order valence-corrected chi connectivity index (χ4v) is 5.75. The van der Waals surface area contributed by atoms with Gasteiger partial charge in [0, 0.05) is 19.1 Å². The van der Waals surface area contributed by atoms with Crippen LogP contribution in [-0.4, -0.2) is 46.8 Å². The maximum Gasteiger partial charge on any atom is 0.301 e. The minimum Gasteiger partial charge on any atom is -0.506 e. The highest BCUT2D eigenvalue weighted by atomic mass is 32.2. The van der Waals surface area contributed by atoms with Gasteiger partial charge in [-0.25, -0.2) is 13.1 Å². The molecule has 1 aromatic rings. The van der Waals surface area contributed by atoms with Gasteiger partial charge in [0.1, 0.15) is 5.75 Å². The van der Waals surface area contributed by atoms with Crippen molar-refractivity contribution in [3.05, 3.63) is 23.8 Å². The maximum atomic E-state index is 11.8. The van der Waals surface area contributed by atoms with E-state index in [9.17, 15) is 21.9 Å². The smallest absolute Gasteiger partial charge is 0.301 e. The average Bonchev–Trinajstić information content (AvgIpc) is 2.84. The van der Waals surface area contributed by atoms with E-state index in [1.165, 1.54) is 0 Å². The van der Waals surface area contributed by atoms with E-state index >= 15 is 0 Å². The minimum atomic E-state index is -3.57. The molecule has 2 aliphatic rings. The molecule has 0 amide bonds. The summed E-state index contributed by atoms with van der Waals surface area (Å²) in [5.41, 5.74) is 1.09. The minimum absolute atomic E-state index is 0.0891. The van der Waals surface area contributed by atoms with Gasteiger partial charge in [0.25, 0.3) is 0 Å². The molecule has 0 bridgehead atoms. The number of nitrogens with one attached hydrogen (secondary N) is 2. The Labute approximate surface area is 142 Å². The largest absolute Gasteiger partial charge is 0.506 e. The summed E-state index contributed by atoms with van der Waals surface area (Å²) in [6.07, 6.45) is 2.71. The Balaban J connectivity index is 1.67. The third kappa shape index (κ3) is 3.82. The van der Waals surface area contributed by atoms with Crippen molar-refractivity contribution in [1.29, 1.82) is 0 Å². The fraction of sp³-hybridized carbons (Fsp3) is 0.571. The van der Waals surface area contributed by atoms with E-state index < -0.39 is 20.2 Å². The molecule has 1 unspecified atom stereocenters. The Morgan fingerprint density at radius 1 is 1.25 bits per heavy atom. The van der Waals surface area contributed by atoms with E-state index in [2.05, 4.69) is 9.44 Å². The third-order valence-electron chi connectivity index (χ3n) is 4.29. The maximum absolute atomic E-state index is 11.8. The molecule has 2 saturated heterocycles. The molecule has 0 radical (unpaired) electrons. The first kappa shape index (κ1) is 17.5. The molecule has 2 heterocycles. The number of hydrogen-bond acceptors (Lipinski definition) is 5. The summed E-state index contributed by atoms with van der Waals surface area (Å²) in [5, 5.41) is 10.2. The molecule has 3 rings (SSSR count). The van der Waals surface area contributed by atoms with Gasteiger partial charge in [-0.1, -0.05) is 6.07 Å². The van der Waals surface area contributed by atoms with E-state index in [1.807, 2.05) is 0 Å². The Hall–Kier alpha value is -1.36. The molecule has 1 aromatic carbocycles. The summed E-state index contributed by atoms with van der Waals surface area (Å²) in [5.74, 6) is 0.0844. The Bertz CT molecular complexity index is 823. The lowest BCUT2D eigenvalue weighted by Crippen LogP contribution is -2.41. The van der Waals surface area contributed by atoms with E-state index in [1.54, 1.807) is 18.2 Å². The normalized spacial score (nSPS) is 25.7. The zero-order valence-corrected chi connectivity index (χ0v) is 14.7. The number of phenols is 1. The summed E-state index contributed by atoms with van der Waals surface area (Å²) < 4.78 is 53.0.